The first-order valence-electron chi connectivity index (χ1n) is 9.89. The summed E-state index contributed by atoms with van der Waals surface area (Å²) < 4.78 is 10.3. The molecule has 1 unspecified atom stereocenters. The summed E-state index contributed by atoms with van der Waals surface area (Å²) in [7, 11) is 0. The monoisotopic (exact) mass is 428 g/mol. The van der Waals surface area contributed by atoms with E-state index in [1.54, 1.807) is 39.8 Å². The van der Waals surface area contributed by atoms with Gasteiger partial charge >= 0.3 is 11.9 Å². The van der Waals surface area contributed by atoms with Crippen LogP contribution in [0.4, 0.5) is 0 Å². The number of Topliss-reactive ketones (excluding diaryl/α,β-unsaturated/α-hetero) is 1. The van der Waals surface area contributed by atoms with Gasteiger partial charge in [0.15, 0.2) is 0 Å². The number of rotatable bonds is 4. The SMILES string of the molecule is CCOC(=O)C1=C[C@H]2C(NC(=O)c3ccccc3C1=O)C(=O)N2CC(=O)OC(C)(C)C. The largest absolute Gasteiger partial charge is 0.462 e. The summed E-state index contributed by atoms with van der Waals surface area (Å²) in [6.45, 7) is 6.33. The molecule has 1 aromatic carbocycles. The summed E-state index contributed by atoms with van der Waals surface area (Å²) in [5.74, 6) is -3.35. The van der Waals surface area contributed by atoms with Crippen LogP contribution in [-0.4, -0.2) is 65.3 Å². The van der Waals surface area contributed by atoms with Gasteiger partial charge in [-0.1, -0.05) is 18.2 Å². The van der Waals surface area contributed by atoms with Crippen molar-refractivity contribution in [2.45, 2.75) is 45.4 Å². The topological polar surface area (TPSA) is 119 Å². The van der Waals surface area contributed by atoms with Crippen molar-refractivity contribution >= 4 is 29.5 Å². The molecule has 0 radical (unpaired) electrons. The average Bonchev–Trinajstić information content (AvgIpc) is 2.73. The van der Waals surface area contributed by atoms with Crippen LogP contribution < -0.4 is 5.32 Å². The minimum absolute atomic E-state index is 0.0201. The third kappa shape index (κ3) is 4.50. The molecule has 0 bridgehead atoms. The molecule has 2 aliphatic heterocycles. The van der Waals surface area contributed by atoms with Gasteiger partial charge in [0.25, 0.3) is 5.91 Å². The quantitative estimate of drug-likeness (QED) is 0.432. The van der Waals surface area contributed by atoms with E-state index in [1.807, 2.05) is 0 Å². The number of nitrogens with one attached hydrogen (secondary N) is 1. The maximum atomic E-state index is 13.1. The predicted octanol–water partition coefficient (Wildman–Crippen LogP) is 1.02. The lowest BCUT2D eigenvalue weighted by Gasteiger charge is -2.45. The van der Waals surface area contributed by atoms with Crippen LogP contribution in [0.1, 0.15) is 48.4 Å². The zero-order valence-corrected chi connectivity index (χ0v) is 17.8. The standard InChI is InChI=1S/C22H24N2O7/c1-5-30-21(29)14-10-15-17(20(28)24(15)11-16(25)31-22(2,3)4)23-19(27)13-9-7-6-8-12(13)18(14)26/h6-10,15,17H,5,11H2,1-4H3,(H,23,27)/t15-,17?/m0/s1. The Morgan fingerprint density at radius 2 is 1.74 bits per heavy atom. The Morgan fingerprint density at radius 1 is 1.10 bits per heavy atom. The molecule has 2 heterocycles. The highest BCUT2D eigenvalue weighted by Crippen LogP contribution is 2.27. The number of carbonyl (C=O) groups is 5. The highest BCUT2D eigenvalue weighted by Gasteiger charge is 2.50. The van der Waals surface area contributed by atoms with Crippen molar-refractivity contribution in [3.05, 3.63) is 47.0 Å². The molecule has 1 aromatic rings. The molecule has 9 heteroatoms. The number of likely N-dealkylation sites (tertiary alicyclic amines) is 1. The second kappa shape index (κ2) is 8.33. The minimum atomic E-state index is -1.03. The summed E-state index contributed by atoms with van der Waals surface area (Å²) in [6, 6.07) is 4.09. The lowest BCUT2D eigenvalue weighted by molar-refractivity contribution is -0.165. The van der Waals surface area contributed by atoms with Crippen LogP contribution >= 0.6 is 0 Å². The van der Waals surface area contributed by atoms with Gasteiger partial charge in [0.1, 0.15) is 23.8 Å². The van der Waals surface area contributed by atoms with Gasteiger partial charge in [-0.3, -0.25) is 19.2 Å². The molecule has 164 valence electrons. The molecule has 1 saturated heterocycles. The van der Waals surface area contributed by atoms with Crippen molar-refractivity contribution in [3.63, 3.8) is 0 Å². The fourth-order valence-corrected chi connectivity index (χ4v) is 3.46. The van der Waals surface area contributed by atoms with Crippen molar-refractivity contribution in [2.24, 2.45) is 0 Å². The molecule has 2 aliphatic rings. The molecule has 0 aromatic heterocycles. The average molecular weight is 428 g/mol. The first kappa shape index (κ1) is 22.2. The van der Waals surface area contributed by atoms with Gasteiger partial charge in [-0.25, -0.2) is 4.79 Å². The van der Waals surface area contributed by atoms with Crippen LogP contribution in [0.3, 0.4) is 0 Å². The van der Waals surface area contributed by atoms with Crippen molar-refractivity contribution in [1.29, 1.82) is 0 Å². The highest BCUT2D eigenvalue weighted by molar-refractivity contribution is 6.27. The fourth-order valence-electron chi connectivity index (χ4n) is 3.46. The molecule has 31 heavy (non-hydrogen) atoms. The Morgan fingerprint density at radius 3 is 2.35 bits per heavy atom. The summed E-state index contributed by atoms with van der Waals surface area (Å²) in [5, 5.41) is 2.60. The predicted molar refractivity (Wildman–Crippen MR) is 108 cm³/mol. The van der Waals surface area contributed by atoms with Gasteiger partial charge in [0, 0.05) is 5.56 Å². The van der Waals surface area contributed by atoms with Gasteiger partial charge < -0.3 is 19.7 Å². The molecule has 0 saturated carbocycles. The number of ether oxygens (including phenoxy) is 2. The van der Waals surface area contributed by atoms with E-state index in [2.05, 4.69) is 5.32 Å². The number of nitrogens with zero attached hydrogens (tertiary/aromatic N) is 1. The van der Waals surface area contributed by atoms with Crippen molar-refractivity contribution in [2.75, 3.05) is 13.2 Å². The third-order valence-corrected chi connectivity index (χ3v) is 4.75. The van der Waals surface area contributed by atoms with Crippen LogP contribution in [0.5, 0.6) is 0 Å². The number of ketones is 1. The third-order valence-electron chi connectivity index (χ3n) is 4.75. The van der Waals surface area contributed by atoms with E-state index < -0.39 is 47.2 Å². The van der Waals surface area contributed by atoms with Crippen LogP contribution in [0.15, 0.2) is 35.9 Å². The summed E-state index contributed by atoms with van der Waals surface area (Å²) in [4.78, 5) is 64.5. The molecule has 0 spiro atoms. The molecule has 2 atom stereocenters. The van der Waals surface area contributed by atoms with E-state index in [0.29, 0.717) is 0 Å². The second-order valence-electron chi connectivity index (χ2n) is 8.17. The number of esters is 2. The first-order chi connectivity index (χ1) is 14.5. The van der Waals surface area contributed by atoms with Gasteiger partial charge in [0.05, 0.1) is 18.2 Å². The van der Waals surface area contributed by atoms with Crippen LogP contribution in [-0.2, 0) is 23.9 Å². The molecular weight excluding hydrogens is 404 g/mol. The molecule has 9 nitrogen and oxygen atoms in total. The number of carbonyl (C=O) groups excluding carboxylic acids is 5. The molecule has 1 fully saturated rings. The van der Waals surface area contributed by atoms with Gasteiger partial charge in [-0.05, 0) is 39.8 Å². The summed E-state index contributed by atoms with van der Waals surface area (Å²) in [6.07, 6.45) is 1.28. The minimum Gasteiger partial charge on any atom is -0.462 e. The lowest BCUT2D eigenvalue weighted by Crippen LogP contribution is -2.71. The Balaban J connectivity index is 2.01. The molecule has 0 aliphatic carbocycles. The Bertz CT molecular complexity index is 990. The highest BCUT2D eigenvalue weighted by atomic mass is 16.6. The second-order valence-corrected chi connectivity index (χ2v) is 8.17. The zero-order valence-electron chi connectivity index (χ0n) is 17.8. The van der Waals surface area contributed by atoms with E-state index in [-0.39, 0.29) is 29.9 Å². The maximum absolute atomic E-state index is 13.1. The number of amides is 2. The number of fused-ring (bicyclic) bond motifs is 2. The Kier molecular flexibility index (Phi) is 5.97. The van der Waals surface area contributed by atoms with E-state index in [0.717, 1.165) is 4.90 Å². The first-order valence-corrected chi connectivity index (χ1v) is 9.89. The fraction of sp³-hybridized carbons (Fsp3) is 0.409. The lowest BCUT2D eigenvalue weighted by atomic mass is 9.91. The normalized spacial score (nSPS) is 20.7. The zero-order chi connectivity index (χ0) is 22.9. The summed E-state index contributed by atoms with van der Waals surface area (Å²) in [5.41, 5.74) is -0.989. The van der Waals surface area contributed by atoms with Crippen LogP contribution in [0.25, 0.3) is 0 Å². The molecular formula is C22H24N2O7. The van der Waals surface area contributed by atoms with E-state index in [4.69, 9.17) is 9.47 Å². The maximum Gasteiger partial charge on any atom is 0.341 e. The summed E-state index contributed by atoms with van der Waals surface area (Å²) >= 11 is 0. The number of β-lactam (4-membered cyclic amide) rings is 1. The molecule has 2 amide bonds. The van der Waals surface area contributed by atoms with Gasteiger partial charge in [-0.15, -0.1) is 0 Å². The molecule has 3 rings (SSSR count). The van der Waals surface area contributed by atoms with Crippen molar-refractivity contribution in [1.82, 2.24) is 10.2 Å². The smallest absolute Gasteiger partial charge is 0.341 e. The van der Waals surface area contributed by atoms with Gasteiger partial charge in [0.2, 0.25) is 11.7 Å². The number of hydrogen-bond donors (Lipinski definition) is 1. The molecule has 1 N–H and O–H groups in total. The Labute approximate surface area is 179 Å². The van der Waals surface area contributed by atoms with Crippen molar-refractivity contribution < 1.29 is 33.4 Å². The van der Waals surface area contributed by atoms with Crippen LogP contribution in [0.2, 0.25) is 0 Å². The number of hydrogen-bond acceptors (Lipinski definition) is 7. The number of benzene rings is 1. The Hall–Kier alpha value is -3.49. The van der Waals surface area contributed by atoms with Crippen molar-refractivity contribution in [3.8, 4) is 0 Å². The van der Waals surface area contributed by atoms with E-state index in [9.17, 15) is 24.0 Å². The van der Waals surface area contributed by atoms with Crippen LogP contribution in [0, 0.1) is 0 Å². The van der Waals surface area contributed by atoms with E-state index >= 15 is 0 Å². The van der Waals surface area contributed by atoms with Gasteiger partial charge in [-0.2, -0.15) is 0 Å². The van der Waals surface area contributed by atoms with E-state index in [1.165, 1.54) is 18.2 Å².